The molecule has 3 rings (SSSR count). The molecule has 2 aliphatic heterocycles. The number of carbonyl (C=O) groups excluding carboxylic acids is 1. The molecule has 0 bridgehead atoms. The van der Waals surface area contributed by atoms with Gasteiger partial charge in [0.15, 0.2) is 5.78 Å². The molecule has 6 heteroatoms. The van der Waals surface area contributed by atoms with E-state index in [2.05, 4.69) is 31.9 Å². The standard InChI is InChI=1S/C14H16Br2O2S2/c15-11-7-10(13(16)20-11)12(17)9-1-4-18-14(8-9)2-5-19-6-3-14/h7,9H,1-6,8H2. The summed E-state index contributed by atoms with van der Waals surface area (Å²) in [4.78, 5) is 12.8. The van der Waals surface area contributed by atoms with Crippen molar-refractivity contribution < 1.29 is 9.53 Å². The topological polar surface area (TPSA) is 26.3 Å². The number of rotatable bonds is 2. The third-order valence-corrected chi connectivity index (χ3v) is 7.51. The predicted molar refractivity (Wildman–Crippen MR) is 92.0 cm³/mol. The Labute approximate surface area is 144 Å². The molecule has 0 N–H and O–H groups in total. The number of halogens is 2. The van der Waals surface area contributed by atoms with Crippen LogP contribution in [0.15, 0.2) is 13.6 Å². The fourth-order valence-electron chi connectivity index (χ4n) is 3.07. The zero-order chi connectivity index (χ0) is 14.2. The Balaban J connectivity index is 1.76. The first-order chi connectivity index (χ1) is 9.60. The summed E-state index contributed by atoms with van der Waals surface area (Å²) >= 11 is 10.5. The van der Waals surface area contributed by atoms with Crippen molar-refractivity contribution in [3.63, 3.8) is 0 Å². The molecule has 0 saturated carbocycles. The van der Waals surface area contributed by atoms with Crippen LogP contribution in [0, 0.1) is 5.92 Å². The lowest BCUT2D eigenvalue weighted by Crippen LogP contribution is -2.44. The summed E-state index contributed by atoms with van der Waals surface area (Å²) in [7, 11) is 0. The maximum atomic E-state index is 12.8. The van der Waals surface area contributed by atoms with Crippen molar-refractivity contribution >= 4 is 60.7 Å². The molecule has 110 valence electrons. The quantitative estimate of drug-likeness (QED) is 0.596. The highest BCUT2D eigenvalue weighted by atomic mass is 79.9. The molecule has 1 atom stereocenters. The second kappa shape index (κ2) is 6.41. The molecule has 0 aromatic carbocycles. The van der Waals surface area contributed by atoms with Gasteiger partial charge in [0.25, 0.3) is 0 Å². The van der Waals surface area contributed by atoms with Crippen molar-refractivity contribution in [3.8, 4) is 0 Å². The number of thioether (sulfide) groups is 1. The Bertz CT molecular complexity index is 504. The molecular weight excluding hydrogens is 424 g/mol. The summed E-state index contributed by atoms with van der Waals surface area (Å²) in [5.74, 6) is 2.72. The first kappa shape index (κ1) is 15.5. The average Bonchev–Trinajstić information content (AvgIpc) is 2.78. The molecule has 1 aromatic heterocycles. The van der Waals surface area contributed by atoms with Gasteiger partial charge in [0.05, 0.1) is 13.2 Å². The summed E-state index contributed by atoms with van der Waals surface area (Å²) in [6.07, 6.45) is 3.94. The summed E-state index contributed by atoms with van der Waals surface area (Å²) in [5, 5.41) is 0. The minimum Gasteiger partial charge on any atom is -0.375 e. The van der Waals surface area contributed by atoms with Crippen molar-refractivity contribution in [1.29, 1.82) is 0 Å². The van der Waals surface area contributed by atoms with Gasteiger partial charge in [-0.1, -0.05) is 0 Å². The molecule has 0 radical (unpaired) electrons. The molecule has 2 saturated heterocycles. The van der Waals surface area contributed by atoms with Gasteiger partial charge in [-0.2, -0.15) is 11.8 Å². The van der Waals surface area contributed by atoms with Gasteiger partial charge in [0, 0.05) is 18.1 Å². The number of hydrogen-bond acceptors (Lipinski definition) is 4. The molecule has 0 aliphatic carbocycles. The largest absolute Gasteiger partial charge is 0.375 e. The van der Waals surface area contributed by atoms with Crippen LogP contribution in [-0.4, -0.2) is 29.5 Å². The van der Waals surface area contributed by atoms with Crippen LogP contribution >= 0.6 is 55.0 Å². The third-order valence-electron chi connectivity index (χ3n) is 4.19. The predicted octanol–water partition coefficient (Wildman–Crippen LogP) is 5.15. The molecule has 1 aromatic rings. The van der Waals surface area contributed by atoms with Crippen LogP contribution in [0.5, 0.6) is 0 Å². The van der Waals surface area contributed by atoms with E-state index in [1.807, 2.05) is 17.8 Å². The number of Topliss-reactive ketones (excluding diaryl/α,β-unsaturated/α-hetero) is 1. The fraction of sp³-hybridized carbons (Fsp3) is 0.643. The number of hydrogen-bond donors (Lipinski definition) is 0. The smallest absolute Gasteiger partial charge is 0.168 e. The van der Waals surface area contributed by atoms with Crippen LogP contribution < -0.4 is 0 Å². The van der Waals surface area contributed by atoms with Gasteiger partial charge in [-0.05, 0) is 75.1 Å². The summed E-state index contributed by atoms with van der Waals surface area (Å²) in [6.45, 7) is 0.726. The Morgan fingerprint density at radius 3 is 2.75 bits per heavy atom. The highest BCUT2D eigenvalue weighted by molar-refractivity contribution is 9.12. The van der Waals surface area contributed by atoms with Crippen LogP contribution in [0.1, 0.15) is 36.0 Å². The SMILES string of the molecule is O=C(c1cc(Br)sc1Br)C1CCOC2(CCSCC2)C1. The van der Waals surface area contributed by atoms with Crippen molar-refractivity contribution in [1.82, 2.24) is 0 Å². The van der Waals surface area contributed by atoms with E-state index < -0.39 is 0 Å². The van der Waals surface area contributed by atoms with E-state index in [0.29, 0.717) is 0 Å². The van der Waals surface area contributed by atoms with Gasteiger partial charge in [-0.15, -0.1) is 11.3 Å². The maximum Gasteiger partial charge on any atom is 0.168 e. The molecule has 2 aliphatic rings. The van der Waals surface area contributed by atoms with Crippen molar-refractivity contribution in [2.75, 3.05) is 18.1 Å². The minimum absolute atomic E-state index is 0.0242. The van der Waals surface area contributed by atoms with Gasteiger partial charge in [0.1, 0.15) is 0 Å². The lowest BCUT2D eigenvalue weighted by molar-refractivity contribution is -0.0959. The average molecular weight is 440 g/mol. The molecule has 1 unspecified atom stereocenters. The summed E-state index contributed by atoms with van der Waals surface area (Å²) in [5.41, 5.74) is 0.804. The van der Waals surface area contributed by atoms with Crippen molar-refractivity contribution in [2.45, 2.75) is 31.3 Å². The number of ketones is 1. The van der Waals surface area contributed by atoms with E-state index in [1.165, 1.54) is 0 Å². The van der Waals surface area contributed by atoms with E-state index in [4.69, 9.17) is 4.74 Å². The third kappa shape index (κ3) is 3.19. The lowest BCUT2D eigenvalue weighted by Gasteiger charge is -2.42. The molecular formula is C14H16Br2O2S2. The van der Waals surface area contributed by atoms with Crippen molar-refractivity contribution in [2.24, 2.45) is 5.92 Å². The van der Waals surface area contributed by atoms with Gasteiger partial charge >= 0.3 is 0 Å². The van der Waals surface area contributed by atoms with Gasteiger partial charge < -0.3 is 4.74 Å². The Morgan fingerprint density at radius 2 is 2.10 bits per heavy atom. The molecule has 2 fully saturated rings. The molecule has 20 heavy (non-hydrogen) atoms. The van der Waals surface area contributed by atoms with E-state index >= 15 is 0 Å². The zero-order valence-corrected chi connectivity index (χ0v) is 15.8. The summed E-state index contributed by atoms with van der Waals surface area (Å²) < 4.78 is 8.02. The van der Waals surface area contributed by atoms with Crippen LogP contribution in [0.3, 0.4) is 0 Å². The lowest BCUT2D eigenvalue weighted by atomic mass is 9.79. The Hall–Kier alpha value is 0.640. The van der Waals surface area contributed by atoms with Crippen LogP contribution in [0.4, 0.5) is 0 Å². The highest BCUT2D eigenvalue weighted by Gasteiger charge is 2.41. The summed E-state index contributed by atoms with van der Waals surface area (Å²) in [6, 6.07) is 1.94. The van der Waals surface area contributed by atoms with E-state index in [0.717, 1.165) is 56.9 Å². The zero-order valence-electron chi connectivity index (χ0n) is 11.0. The maximum absolute atomic E-state index is 12.8. The monoisotopic (exact) mass is 438 g/mol. The van der Waals surface area contributed by atoms with Gasteiger partial charge in [-0.3, -0.25) is 4.79 Å². The first-order valence-corrected chi connectivity index (χ1v) is 10.4. The number of carbonyl (C=O) groups is 1. The molecule has 2 nitrogen and oxygen atoms in total. The van der Waals surface area contributed by atoms with E-state index in [9.17, 15) is 4.79 Å². The number of thiophene rings is 1. The highest BCUT2D eigenvalue weighted by Crippen LogP contribution is 2.42. The molecule has 0 amide bonds. The second-order valence-corrected chi connectivity index (χ2v) is 10.4. The van der Waals surface area contributed by atoms with Gasteiger partial charge in [0.2, 0.25) is 0 Å². The fourth-order valence-corrected chi connectivity index (χ4v) is 7.13. The van der Waals surface area contributed by atoms with Crippen LogP contribution in [0.2, 0.25) is 0 Å². The number of ether oxygens (including phenoxy) is 1. The second-order valence-electron chi connectivity index (χ2n) is 5.44. The van der Waals surface area contributed by atoms with Crippen LogP contribution in [-0.2, 0) is 4.74 Å². The van der Waals surface area contributed by atoms with Crippen molar-refractivity contribution in [3.05, 3.63) is 19.2 Å². The normalized spacial score (nSPS) is 25.8. The Kier molecular flexibility index (Phi) is 4.97. The minimum atomic E-state index is -0.0242. The van der Waals surface area contributed by atoms with E-state index in [1.54, 1.807) is 11.3 Å². The van der Waals surface area contributed by atoms with E-state index in [-0.39, 0.29) is 17.3 Å². The first-order valence-electron chi connectivity index (χ1n) is 6.80. The van der Waals surface area contributed by atoms with Crippen LogP contribution in [0.25, 0.3) is 0 Å². The molecule has 1 spiro atoms. The Morgan fingerprint density at radius 1 is 1.35 bits per heavy atom. The molecule has 3 heterocycles. The van der Waals surface area contributed by atoms with Gasteiger partial charge in [-0.25, -0.2) is 0 Å².